The first kappa shape index (κ1) is 10.3. The predicted molar refractivity (Wildman–Crippen MR) is 50.0 cm³/mol. The minimum atomic E-state index is -0.611. The molecule has 0 aliphatic rings. The summed E-state index contributed by atoms with van der Waals surface area (Å²) in [5.41, 5.74) is 0.107. The zero-order chi connectivity index (χ0) is 10.0. The van der Waals surface area contributed by atoms with Crippen molar-refractivity contribution >= 4 is 30.2 Å². The Kier molecular flexibility index (Phi) is 3.17. The molecule has 0 unspecified atom stereocenters. The fourth-order valence-electron chi connectivity index (χ4n) is 0.804. The summed E-state index contributed by atoms with van der Waals surface area (Å²) in [6.45, 7) is 0. The van der Waals surface area contributed by atoms with Crippen LogP contribution in [0.2, 0.25) is 5.02 Å². The molecule has 0 spiro atoms. The summed E-state index contributed by atoms with van der Waals surface area (Å²) in [6.07, 6.45) is 0. The number of rotatable bonds is 1. The maximum absolute atomic E-state index is 12.8. The summed E-state index contributed by atoms with van der Waals surface area (Å²) in [4.78, 5) is 11.1. The third-order valence-corrected chi connectivity index (χ3v) is 2.10. The second kappa shape index (κ2) is 3.98. The summed E-state index contributed by atoms with van der Waals surface area (Å²) >= 11 is 9.41. The molecule has 0 aliphatic heterocycles. The van der Waals surface area contributed by atoms with Gasteiger partial charge in [-0.25, -0.2) is 9.18 Å². The van der Waals surface area contributed by atoms with Crippen molar-refractivity contribution in [3.63, 3.8) is 0 Å². The molecule has 0 heterocycles. The number of methoxy groups -OCH3 is 1. The van der Waals surface area contributed by atoms with Gasteiger partial charge in [0.05, 0.1) is 17.7 Å². The quantitative estimate of drug-likeness (QED) is 0.582. The number of carbonyl (C=O) groups excluding carboxylic acids is 1. The normalized spacial score (nSPS) is 9.85. The zero-order valence-electron chi connectivity index (χ0n) is 6.67. The van der Waals surface area contributed by atoms with Crippen molar-refractivity contribution < 1.29 is 13.9 Å². The van der Waals surface area contributed by atoms with Crippen LogP contribution in [0.5, 0.6) is 0 Å². The summed E-state index contributed by atoms with van der Waals surface area (Å²) in [5.74, 6) is -1.18. The van der Waals surface area contributed by atoms with Crippen LogP contribution in [0.4, 0.5) is 4.39 Å². The number of hydrogen-bond acceptors (Lipinski definition) is 3. The van der Waals surface area contributed by atoms with Crippen LogP contribution in [-0.2, 0) is 4.74 Å². The zero-order valence-corrected chi connectivity index (χ0v) is 8.32. The van der Waals surface area contributed by atoms with Crippen molar-refractivity contribution in [2.24, 2.45) is 0 Å². The molecule has 0 aliphatic carbocycles. The van der Waals surface area contributed by atoms with Gasteiger partial charge in [-0.3, -0.25) is 0 Å². The monoisotopic (exact) mass is 220 g/mol. The Morgan fingerprint density at radius 2 is 2.23 bits per heavy atom. The van der Waals surface area contributed by atoms with Gasteiger partial charge in [0.2, 0.25) is 0 Å². The standard InChI is InChI=1S/C8H6ClFO2S/c1-12-8(11)4-2-7(13)6(10)3-5(4)9/h2-3,13H,1H3. The summed E-state index contributed by atoms with van der Waals surface area (Å²) in [6, 6.07) is 2.25. The second-order valence-corrected chi connectivity index (χ2v) is 3.16. The van der Waals surface area contributed by atoms with Crippen LogP contribution in [-0.4, -0.2) is 13.1 Å². The molecule has 1 aromatic rings. The topological polar surface area (TPSA) is 26.3 Å². The first-order valence-corrected chi connectivity index (χ1v) is 4.15. The van der Waals surface area contributed by atoms with Crippen LogP contribution >= 0.6 is 24.2 Å². The van der Waals surface area contributed by atoms with Gasteiger partial charge in [-0.2, -0.15) is 0 Å². The number of carbonyl (C=O) groups is 1. The SMILES string of the molecule is COC(=O)c1cc(S)c(F)cc1Cl. The summed E-state index contributed by atoms with van der Waals surface area (Å²) in [7, 11) is 1.22. The number of hydrogen-bond donors (Lipinski definition) is 1. The molecule has 0 radical (unpaired) electrons. The van der Waals surface area contributed by atoms with Crippen molar-refractivity contribution in [2.75, 3.05) is 7.11 Å². The van der Waals surface area contributed by atoms with E-state index in [0.29, 0.717) is 0 Å². The molecule has 70 valence electrons. The first-order valence-electron chi connectivity index (χ1n) is 3.32. The van der Waals surface area contributed by atoms with Crippen molar-refractivity contribution in [1.29, 1.82) is 0 Å². The van der Waals surface area contributed by atoms with Gasteiger partial charge in [-0.05, 0) is 12.1 Å². The average molecular weight is 221 g/mol. The Labute approximate surface area is 85.1 Å². The molecule has 5 heteroatoms. The fourth-order valence-corrected chi connectivity index (χ4v) is 1.23. The van der Waals surface area contributed by atoms with Gasteiger partial charge < -0.3 is 4.74 Å². The van der Waals surface area contributed by atoms with Gasteiger partial charge >= 0.3 is 5.97 Å². The van der Waals surface area contributed by atoms with E-state index in [2.05, 4.69) is 17.4 Å². The average Bonchev–Trinajstić information content (AvgIpc) is 2.10. The maximum atomic E-state index is 12.8. The molecule has 0 aromatic heterocycles. The third kappa shape index (κ3) is 2.14. The van der Waals surface area contributed by atoms with E-state index in [-0.39, 0.29) is 15.5 Å². The smallest absolute Gasteiger partial charge is 0.339 e. The summed E-state index contributed by atoms with van der Waals surface area (Å²) < 4.78 is 17.2. The number of esters is 1. The molecule has 2 nitrogen and oxygen atoms in total. The molecular formula is C8H6ClFO2S. The predicted octanol–water partition coefficient (Wildman–Crippen LogP) is 2.55. The molecular weight excluding hydrogens is 215 g/mol. The number of ether oxygens (including phenoxy) is 1. The maximum Gasteiger partial charge on any atom is 0.339 e. The van der Waals surface area contributed by atoms with Crippen LogP contribution in [0, 0.1) is 5.82 Å². The Balaban J connectivity index is 3.23. The van der Waals surface area contributed by atoms with Crippen molar-refractivity contribution in [3.8, 4) is 0 Å². The highest BCUT2D eigenvalue weighted by Crippen LogP contribution is 2.23. The van der Waals surface area contributed by atoms with E-state index in [0.717, 1.165) is 6.07 Å². The van der Waals surface area contributed by atoms with E-state index in [4.69, 9.17) is 11.6 Å². The number of benzene rings is 1. The first-order chi connectivity index (χ1) is 6.06. The molecule has 0 atom stereocenters. The van der Waals surface area contributed by atoms with Gasteiger partial charge in [0.15, 0.2) is 0 Å². The lowest BCUT2D eigenvalue weighted by molar-refractivity contribution is 0.0600. The van der Waals surface area contributed by atoms with Crippen molar-refractivity contribution in [2.45, 2.75) is 4.90 Å². The highest BCUT2D eigenvalue weighted by molar-refractivity contribution is 7.80. The van der Waals surface area contributed by atoms with E-state index in [1.165, 1.54) is 13.2 Å². The van der Waals surface area contributed by atoms with Crippen molar-refractivity contribution in [3.05, 3.63) is 28.5 Å². The lowest BCUT2D eigenvalue weighted by Crippen LogP contribution is -2.02. The van der Waals surface area contributed by atoms with Crippen LogP contribution in [0.25, 0.3) is 0 Å². The number of thiol groups is 1. The van der Waals surface area contributed by atoms with E-state index in [1.54, 1.807) is 0 Å². The van der Waals surface area contributed by atoms with E-state index in [1.807, 2.05) is 0 Å². The molecule has 0 N–H and O–H groups in total. The largest absolute Gasteiger partial charge is 0.465 e. The van der Waals surface area contributed by atoms with Gasteiger partial charge in [0, 0.05) is 4.90 Å². The highest BCUT2D eigenvalue weighted by Gasteiger charge is 2.13. The van der Waals surface area contributed by atoms with Gasteiger partial charge in [0.1, 0.15) is 5.82 Å². The molecule has 1 aromatic carbocycles. The number of halogens is 2. The van der Waals surface area contributed by atoms with E-state index < -0.39 is 11.8 Å². The third-order valence-electron chi connectivity index (χ3n) is 1.44. The van der Waals surface area contributed by atoms with Crippen molar-refractivity contribution in [1.82, 2.24) is 0 Å². The molecule has 0 saturated carbocycles. The van der Waals surface area contributed by atoms with Gasteiger partial charge in [0.25, 0.3) is 0 Å². The molecule has 0 bridgehead atoms. The Hall–Kier alpha value is -0.740. The van der Waals surface area contributed by atoms with E-state index in [9.17, 15) is 9.18 Å². The Morgan fingerprint density at radius 3 is 2.77 bits per heavy atom. The molecule has 0 saturated heterocycles. The fraction of sp³-hybridized carbons (Fsp3) is 0.125. The molecule has 1 rings (SSSR count). The van der Waals surface area contributed by atoms with Crippen LogP contribution in [0.15, 0.2) is 17.0 Å². The molecule has 0 amide bonds. The highest BCUT2D eigenvalue weighted by atomic mass is 35.5. The minimum absolute atomic E-state index is 0.0159. The lowest BCUT2D eigenvalue weighted by atomic mass is 10.2. The summed E-state index contributed by atoms with van der Waals surface area (Å²) in [5, 5.41) is 0.0159. The second-order valence-electron chi connectivity index (χ2n) is 2.28. The lowest BCUT2D eigenvalue weighted by Gasteiger charge is -2.03. The van der Waals surface area contributed by atoms with Crippen LogP contribution in [0.1, 0.15) is 10.4 Å². The Morgan fingerprint density at radius 1 is 1.62 bits per heavy atom. The molecule has 13 heavy (non-hydrogen) atoms. The minimum Gasteiger partial charge on any atom is -0.465 e. The Bertz CT molecular complexity index is 354. The molecule has 0 fully saturated rings. The van der Waals surface area contributed by atoms with Gasteiger partial charge in [-0.15, -0.1) is 12.6 Å². The van der Waals surface area contributed by atoms with Gasteiger partial charge in [-0.1, -0.05) is 11.6 Å². The van der Waals surface area contributed by atoms with Crippen LogP contribution < -0.4 is 0 Å². The van der Waals surface area contributed by atoms with Crippen LogP contribution in [0.3, 0.4) is 0 Å². The van der Waals surface area contributed by atoms with E-state index >= 15 is 0 Å².